The van der Waals surface area contributed by atoms with Gasteiger partial charge in [-0.25, -0.2) is 0 Å². The first kappa shape index (κ1) is 21.2. The second kappa shape index (κ2) is 9.78. The number of methoxy groups -OCH3 is 5. The van der Waals surface area contributed by atoms with Gasteiger partial charge < -0.3 is 29.0 Å². The van der Waals surface area contributed by atoms with Gasteiger partial charge in [-0.2, -0.15) is 0 Å². The van der Waals surface area contributed by atoms with Gasteiger partial charge in [-0.15, -0.1) is 0 Å². The van der Waals surface area contributed by atoms with Crippen molar-refractivity contribution >= 4 is 5.69 Å². The van der Waals surface area contributed by atoms with Crippen LogP contribution in [0.1, 0.15) is 5.56 Å². The number of hydrogen-bond acceptors (Lipinski definition) is 6. The van der Waals surface area contributed by atoms with E-state index >= 15 is 0 Å². The van der Waals surface area contributed by atoms with Gasteiger partial charge in [0.15, 0.2) is 11.5 Å². The molecule has 0 amide bonds. The number of benzene rings is 3. The third-order valence-electron chi connectivity index (χ3n) is 4.77. The summed E-state index contributed by atoms with van der Waals surface area (Å²) >= 11 is 0. The van der Waals surface area contributed by atoms with Gasteiger partial charge >= 0.3 is 0 Å². The van der Waals surface area contributed by atoms with Gasteiger partial charge in [0, 0.05) is 30.4 Å². The average molecular weight is 409 g/mol. The predicted octanol–water partition coefficient (Wildman–Crippen LogP) is 5.01. The zero-order valence-corrected chi connectivity index (χ0v) is 17.9. The summed E-state index contributed by atoms with van der Waals surface area (Å²) in [5.41, 5.74) is 4.08. The number of ether oxygens (including phenoxy) is 5. The number of hydrogen-bond donors (Lipinski definition) is 1. The molecular weight excluding hydrogens is 382 g/mol. The van der Waals surface area contributed by atoms with Crippen LogP contribution < -0.4 is 29.0 Å². The molecule has 0 spiro atoms. The maximum Gasteiger partial charge on any atom is 0.203 e. The van der Waals surface area contributed by atoms with E-state index in [1.54, 1.807) is 35.5 Å². The van der Waals surface area contributed by atoms with Gasteiger partial charge in [-0.05, 0) is 34.9 Å². The highest BCUT2D eigenvalue weighted by Gasteiger charge is 2.14. The third-order valence-corrected chi connectivity index (χ3v) is 4.77. The molecule has 0 saturated heterocycles. The van der Waals surface area contributed by atoms with Crippen molar-refractivity contribution in [1.29, 1.82) is 0 Å². The normalized spacial score (nSPS) is 10.3. The van der Waals surface area contributed by atoms with Crippen molar-refractivity contribution in [2.45, 2.75) is 6.54 Å². The zero-order valence-electron chi connectivity index (χ0n) is 17.9. The van der Waals surface area contributed by atoms with Crippen LogP contribution in [0, 0.1) is 0 Å². The van der Waals surface area contributed by atoms with Crippen molar-refractivity contribution in [2.75, 3.05) is 40.9 Å². The summed E-state index contributed by atoms with van der Waals surface area (Å²) in [5.74, 6) is 3.30. The van der Waals surface area contributed by atoms with E-state index in [2.05, 4.69) is 23.5 Å². The third kappa shape index (κ3) is 4.71. The lowest BCUT2D eigenvalue weighted by molar-refractivity contribution is 0.324. The summed E-state index contributed by atoms with van der Waals surface area (Å²) < 4.78 is 27.0. The van der Waals surface area contributed by atoms with Crippen molar-refractivity contribution in [2.24, 2.45) is 0 Å². The molecule has 30 heavy (non-hydrogen) atoms. The zero-order chi connectivity index (χ0) is 21.5. The molecule has 0 atom stereocenters. The lowest BCUT2D eigenvalue weighted by Gasteiger charge is -2.15. The molecule has 0 bridgehead atoms. The Morgan fingerprint density at radius 1 is 0.633 bits per heavy atom. The predicted molar refractivity (Wildman–Crippen MR) is 118 cm³/mol. The fourth-order valence-electron chi connectivity index (χ4n) is 3.22. The molecule has 0 aliphatic heterocycles. The molecule has 0 aliphatic carbocycles. The first-order chi connectivity index (χ1) is 14.6. The van der Waals surface area contributed by atoms with Crippen LogP contribution in [0.4, 0.5) is 5.69 Å². The number of anilines is 1. The van der Waals surface area contributed by atoms with E-state index < -0.39 is 0 Å². The minimum absolute atomic E-state index is 0.577. The van der Waals surface area contributed by atoms with Crippen LogP contribution in [0.3, 0.4) is 0 Å². The van der Waals surface area contributed by atoms with E-state index in [9.17, 15) is 0 Å². The Hall–Kier alpha value is -3.54. The minimum atomic E-state index is 0.577. The standard InChI is InChI=1S/C24H27NO5/c1-26-20-12-19(13-21(14-20)27-2)25-15-16-7-6-8-17(9-16)18-10-22(28-3)24(30-5)23(11-18)29-4/h6-14,25H,15H2,1-5H3. The van der Waals surface area contributed by atoms with Crippen molar-refractivity contribution < 1.29 is 23.7 Å². The monoisotopic (exact) mass is 409 g/mol. The Labute approximate surface area is 177 Å². The van der Waals surface area contributed by atoms with Gasteiger partial charge in [0.2, 0.25) is 5.75 Å². The Morgan fingerprint density at radius 2 is 1.27 bits per heavy atom. The number of rotatable bonds is 9. The highest BCUT2D eigenvalue weighted by Crippen LogP contribution is 2.41. The van der Waals surface area contributed by atoms with Crippen LogP contribution in [0.25, 0.3) is 11.1 Å². The van der Waals surface area contributed by atoms with Crippen LogP contribution in [0.2, 0.25) is 0 Å². The Kier molecular flexibility index (Phi) is 6.91. The molecule has 6 heteroatoms. The Balaban J connectivity index is 1.85. The fraction of sp³-hybridized carbons (Fsp3) is 0.250. The van der Waals surface area contributed by atoms with Crippen LogP contribution >= 0.6 is 0 Å². The van der Waals surface area contributed by atoms with Gasteiger partial charge in [0.05, 0.1) is 35.5 Å². The average Bonchev–Trinajstić information content (AvgIpc) is 2.81. The molecule has 0 saturated carbocycles. The first-order valence-electron chi connectivity index (χ1n) is 9.48. The number of nitrogens with one attached hydrogen (secondary N) is 1. The molecule has 3 aromatic rings. The van der Waals surface area contributed by atoms with Crippen molar-refractivity contribution in [3.63, 3.8) is 0 Å². The summed E-state index contributed by atoms with van der Waals surface area (Å²) in [5, 5.41) is 3.42. The molecule has 6 nitrogen and oxygen atoms in total. The summed E-state index contributed by atoms with van der Waals surface area (Å²) in [4.78, 5) is 0. The van der Waals surface area contributed by atoms with E-state index in [0.29, 0.717) is 23.8 Å². The molecular formula is C24H27NO5. The summed E-state index contributed by atoms with van der Waals surface area (Å²) in [6.45, 7) is 0.647. The minimum Gasteiger partial charge on any atom is -0.497 e. The van der Waals surface area contributed by atoms with Gasteiger partial charge in [0.1, 0.15) is 11.5 Å². The fourth-order valence-corrected chi connectivity index (χ4v) is 3.22. The van der Waals surface area contributed by atoms with Crippen LogP contribution in [-0.2, 0) is 6.54 Å². The maximum absolute atomic E-state index is 5.48. The van der Waals surface area contributed by atoms with Gasteiger partial charge in [0.25, 0.3) is 0 Å². The molecule has 158 valence electrons. The van der Waals surface area contributed by atoms with Crippen LogP contribution in [0.5, 0.6) is 28.7 Å². The van der Waals surface area contributed by atoms with Crippen molar-refractivity contribution in [3.05, 3.63) is 60.2 Å². The molecule has 0 radical (unpaired) electrons. The summed E-state index contributed by atoms with van der Waals surface area (Å²) in [6, 6.07) is 17.9. The maximum atomic E-state index is 5.48. The molecule has 0 aliphatic rings. The topological polar surface area (TPSA) is 58.2 Å². The summed E-state index contributed by atoms with van der Waals surface area (Å²) in [7, 11) is 8.10. The Morgan fingerprint density at radius 3 is 1.80 bits per heavy atom. The van der Waals surface area contributed by atoms with Crippen LogP contribution in [0.15, 0.2) is 54.6 Å². The molecule has 1 N–H and O–H groups in total. The lowest BCUT2D eigenvalue weighted by Crippen LogP contribution is -2.01. The lowest BCUT2D eigenvalue weighted by atomic mass is 10.0. The van der Waals surface area contributed by atoms with E-state index in [-0.39, 0.29) is 0 Å². The SMILES string of the molecule is COc1cc(NCc2cccc(-c3cc(OC)c(OC)c(OC)c3)c2)cc(OC)c1. The smallest absolute Gasteiger partial charge is 0.203 e. The molecule has 0 unspecified atom stereocenters. The molecule has 0 fully saturated rings. The second-order valence-electron chi connectivity index (χ2n) is 6.57. The van der Waals surface area contributed by atoms with Crippen LogP contribution in [-0.4, -0.2) is 35.5 Å². The summed E-state index contributed by atoms with van der Waals surface area (Å²) in [6.07, 6.45) is 0. The highest BCUT2D eigenvalue weighted by molar-refractivity contribution is 5.71. The molecule has 3 aromatic carbocycles. The Bertz CT molecular complexity index is 955. The van der Waals surface area contributed by atoms with E-state index in [0.717, 1.165) is 33.9 Å². The van der Waals surface area contributed by atoms with Gasteiger partial charge in [-0.1, -0.05) is 18.2 Å². The molecule has 3 rings (SSSR count). The first-order valence-corrected chi connectivity index (χ1v) is 9.48. The quantitative estimate of drug-likeness (QED) is 0.536. The van der Waals surface area contributed by atoms with E-state index in [4.69, 9.17) is 23.7 Å². The molecule has 0 heterocycles. The van der Waals surface area contributed by atoms with E-state index in [1.807, 2.05) is 36.4 Å². The van der Waals surface area contributed by atoms with E-state index in [1.165, 1.54) is 0 Å². The second-order valence-corrected chi connectivity index (χ2v) is 6.57. The molecule has 0 aromatic heterocycles. The largest absolute Gasteiger partial charge is 0.497 e. The van der Waals surface area contributed by atoms with Gasteiger partial charge in [-0.3, -0.25) is 0 Å². The highest BCUT2D eigenvalue weighted by atomic mass is 16.5. The van der Waals surface area contributed by atoms with Crippen molar-refractivity contribution in [1.82, 2.24) is 0 Å². The van der Waals surface area contributed by atoms with Crippen molar-refractivity contribution in [3.8, 4) is 39.9 Å².